The zero-order chi connectivity index (χ0) is 10.9. The van der Waals surface area contributed by atoms with E-state index >= 15 is 0 Å². The SMILES string of the molecule is C=C(c1ccc(C)c(F)c1)C(F)(F)F. The van der Waals surface area contributed by atoms with Crippen molar-refractivity contribution in [2.75, 3.05) is 0 Å². The smallest absolute Gasteiger partial charge is 0.207 e. The number of alkyl halides is 3. The van der Waals surface area contributed by atoms with Crippen molar-refractivity contribution in [2.24, 2.45) is 0 Å². The molecule has 0 fully saturated rings. The summed E-state index contributed by atoms with van der Waals surface area (Å²) in [6.07, 6.45) is -4.51. The summed E-state index contributed by atoms with van der Waals surface area (Å²) in [5, 5.41) is 0. The van der Waals surface area contributed by atoms with Crippen molar-refractivity contribution in [1.29, 1.82) is 0 Å². The topological polar surface area (TPSA) is 0 Å². The molecule has 0 saturated heterocycles. The Kier molecular flexibility index (Phi) is 2.64. The lowest BCUT2D eigenvalue weighted by atomic mass is 10.1. The van der Waals surface area contributed by atoms with Gasteiger partial charge in [0, 0.05) is 0 Å². The van der Waals surface area contributed by atoms with Crippen LogP contribution in [0, 0.1) is 12.7 Å². The summed E-state index contributed by atoms with van der Waals surface area (Å²) in [4.78, 5) is 0. The van der Waals surface area contributed by atoms with Crippen molar-refractivity contribution in [3.63, 3.8) is 0 Å². The minimum Gasteiger partial charge on any atom is -0.207 e. The summed E-state index contributed by atoms with van der Waals surface area (Å²) in [6.45, 7) is 4.36. The maximum absolute atomic E-state index is 12.9. The normalized spacial score (nSPS) is 11.5. The van der Waals surface area contributed by atoms with Gasteiger partial charge in [-0.1, -0.05) is 18.7 Å². The first-order chi connectivity index (χ1) is 6.32. The minimum absolute atomic E-state index is 0.236. The molecule has 0 aromatic heterocycles. The van der Waals surface area contributed by atoms with Crippen LogP contribution in [-0.4, -0.2) is 6.18 Å². The van der Waals surface area contributed by atoms with Crippen molar-refractivity contribution in [1.82, 2.24) is 0 Å². The van der Waals surface area contributed by atoms with Crippen LogP contribution in [0.3, 0.4) is 0 Å². The number of rotatable bonds is 1. The average Bonchev–Trinajstić information content (AvgIpc) is 2.07. The maximum atomic E-state index is 12.9. The van der Waals surface area contributed by atoms with Crippen LogP contribution in [0.5, 0.6) is 0 Å². The second-order valence-corrected chi connectivity index (χ2v) is 2.94. The van der Waals surface area contributed by atoms with Crippen LogP contribution in [0.25, 0.3) is 5.57 Å². The van der Waals surface area contributed by atoms with Gasteiger partial charge in [-0.2, -0.15) is 13.2 Å². The molecule has 0 aliphatic heterocycles. The van der Waals surface area contributed by atoms with Gasteiger partial charge in [-0.15, -0.1) is 0 Å². The van der Waals surface area contributed by atoms with Crippen molar-refractivity contribution in [2.45, 2.75) is 13.1 Å². The van der Waals surface area contributed by atoms with E-state index < -0.39 is 17.6 Å². The molecule has 0 amide bonds. The van der Waals surface area contributed by atoms with Crippen molar-refractivity contribution < 1.29 is 17.6 Å². The third-order valence-corrected chi connectivity index (χ3v) is 1.86. The molecule has 0 nitrogen and oxygen atoms in total. The molecule has 0 aliphatic carbocycles. The quantitative estimate of drug-likeness (QED) is 0.611. The Labute approximate surface area is 78.9 Å². The summed E-state index contributed by atoms with van der Waals surface area (Å²) < 4.78 is 49.4. The molecular weight excluding hydrogens is 196 g/mol. The molecule has 0 N–H and O–H groups in total. The zero-order valence-electron chi connectivity index (χ0n) is 7.45. The molecule has 0 heterocycles. The molecule has 0 atom stereocenters. The van der Waals surface area contributed by atoms with Gasteiger partial charge < -0.3 is 0 Å². The van der Waals surface area contributed by atoms with Crippen LogP contribution in [0.4, 0.5) is 17.6 Å². The largest absolute Gasteiger partial charge is 0.416 e. The fraction of sp³-hybridized carbons (Fsp3) is 0.200. The highest BCUT2D eigenvalue weighted by Gasteiger charge is 2.32. The molecule has 76 valence electrons. The van der Waals surface area contributed by atoms with Crippen molar-refractivity contribution in [3.8, 4) is 0 Å². The van der Waals surface area contributed by atoms with Crippen LogP contribution in [0.1, 0.15) is 11.1 Å². The lowest BCUT2D eigenvalue weighted by Gasteiger charge is -2.10. The highest BCUT2D eigenvalue weighted by atomic mass is 19.4. The molecule has 0 aliphatic rings. The predicted molar refractivity (Wildman–Crippen MR) is 46.2 cm³/mol. The third-order valence-electron chi connectivity index (χ3n) is 1.86. The van der Waals surface area contributed by atoms with Crippen LogP contribution < -0.4 is 0 Å². The van der Waals surface area contributed by atoms with E-state index in [-0.39, 0.29) is 5.56 Å². The van der Waals surface area contributed by atoms with Gasteiger partial charge in [0.25, 0.3) is 0 Å². The molecule has 0 bridgehead atoms. The molecule has 1 rings (SSSR count). The highest BCUT2D eigenvalue weighted by Crippen LogP contribution is 2.32. The Morgan fingerprint density at radius 3 is 2.29 bits per heavy atom. The third kappa shape index (κ3) is 2.13. The van der Waals surface area contributed by atoms with Crippen LogP contribution in [0.15, 0.2) is 24.8 Å². The lowest BCUT2D eigenvalue weighted by molar-refractivity contribution is -0.0686. The molecule has 14 heavy (non-hydrogen) atoms. The molecule has 0 radical (unpaired) electrons. The highest BCUT2D eigenvalue weighted by molar-refractivity contribution is 5.67. The van der Waals surface area contributed by atoms with E-state index in [1.54, 1.807) is 0 Å². The van der Waals surface area contributed by atoms with Gasteiger partial charge in [0.15, 0.2) is 0 Å². The van der Waals surface area contributed by atoms with E-state index in [2.05, 4.69) is 6.58 Å². The Balaban J connectivity index is 3.10. The molecule has 0 spiro atoms. The fourth-order valence-corrected chi connectivity index (χ4v) is 0.944. The molecule has 1 aromatic carbocycles. The first-order valence-electron chi connectivity index (χ1n) is 3.85. The summed E-state index contributed by atoms with van der Waals surface area (Å²) >= 11 is 0. The van der Waals surface area contributed by atoms with Crippen molar-refractivity contribution in [3.05, 3.63) is 41.7 Å². The summed E-state index contributed by atoms with van der Waals surface area (Å²) in [6, 6.07) is 3.33. The number of halogens is 4. The van der Waals surface area contributed by atoms with E-state index in [0.29, 0.717) is 5.56 Å². The predicted octanol–water partition coefficient (Wildman–Crippen LogP) is 3.71. The Morgan fingerprint density at radius 1 is 1.29 bits per heavy atom. The Bertz CT molecular complexity index is 363. The monoisotopic (exact) mass is 204 g/mol. The standard InChI is InChI=1S/C10H8F4/c1-6-3-4-8(5-9(6)11)7(2)10(12,13)14/h3-5H,2H2,1H3. The number of benzene rings is 1. The van der Waals surface area contributed by atoms with E-state index in [9.17, 15) is 17.6 Å². The van der Waals surface area contributed by atoms with E-state index in [1.165, 1.54) is 19.1 Å². The first-order valence-corrected chi connectivity index (χ1v) is 3.85. The van der Waals surface area contributed by atoms with Crippen LogP contribution in [0.2, 0.25) is 0 Å². The van der Waals surface area contributed by atoms with Crippen LogP contribution >= 0.6 is 0 Å². The lowest BCUT2D eigenvalue weighted by Crippen LogP contribution is -2.09. The van der Waals surface area contributed by atoms with E-state index in [4.69, 9.17) is 0 Å². The first kappa shape index (κ1) is 10.8. The van der Waals surface area contributed by atoms with E-state index in [0.717, 1.165) is 6.07 Å². The van der Waals surface area contributed by atoms with Gasteiger partial charge in [0.05, 0.1) is 5.57 Å². The van der Waals surface area contributed by atoms with Crippen LogP contribution in [-0.2, 0) is 0 Å². The molecule has 1 aromatic rings. The van der Waals surface area contributed by atoms with Crippen molar-refractivity contribution >= 4 is 5.57 Å². The Hall–Kier alpha value is -1.32. The second kappa shape index (κ2) is 3.44. The van der Waals surface area contributed by atoms with Gasteiger partial charge in [0.1, 0.15) is 5.82 Å². The van der Waals surface area contributed by atoms with Gasteiger partial charge >= 0.3 is 6.18 Å². The number of hydrogen-bond donors (Lipinski definition) is 0. The molecular formula is C10H8F4. The minimum atomic E-state index is -4.51. The number of allylic oxidation sites excluding steroid dienone is 1. The number of aryl methyl sites for hydroxylation is 1. The van der Waals surface area contributed by atoms with Gasteiger partial charge in [-0.25, -0.2) is 4.39 Å². The van der Waals surface area contributed by atoms with E-state index in [1.807, 2.05) is 0 Å². The summed E-state index contributed by atoms with van der Waals surface area (Å²) in [5.41, 5.74) is -0.958. The zero-order valence-corrected chi connectivity index (χ0v) is 7.45. The molecule has 0 saturated carbocycles. The molecule has 4 heteroatoms. The maximum Gasteiger partial charge on any atom is 0.416 e. The number of hydrogen-bond acceptors (Lipinski definition) is 0. The summed E-state index contributed by atoms with van der Waals surface area (Å²) in [5.74, 6) is -0.659. The summed E-state index contributed by atoms with van der Waals surface area (Å²) in [7, 11) is 0. The second-order valence-electron chi connectivity index (χ2n) is 2.94. The van der Waals surface area contributed by atoms with Gasteiger partial charge in [-0.05, 0) is 24.1 Å². The fourth-order valence-electron chi connectivity index (χ4n) is 0.944. The van der Waals surface area contributed by atoms with Gasteiger partial charge in [-0.3, -0.25) is 0 Å². The average molecular weight is 204 g/mol. The molecule has 0 unspecified atom stereocenters. The van der Waals surface area contributed by atoms with Gasteiger partial charge in [0.2, 0.25) is 0 Å². The Morgan fingerprint density at radius 2 is 1.86 bits per heavy atom.